The molecule has 166 valence electrons. The molecule has 2 amide bonds. The minimum atomic E-state index is -0.563. The number of amides is 2. The molecule has 2 rings (SSSR count). The van der Waals surface area contributed by atoms with Crippen molar-refractivity contribution in [3.05, 3.63) is 54.1 Å². The van der Waals surface area contributed by atoms with Crippen molar-refractivity contribution in [2.75, 3.05) is 32.2 Å². The third-order valence-corrected chi connectivity index (χ3v) is 4.12. The van der Waals surface area contributed by atoms with Crippen molar-refractivity contribution in [3.63, 3.8) is 0 Å². The second-order valence-electron chi connectivity index (χ2n) is 7.13. The lowest BCUT2D eigenvalue weighted by Gasteiger charge is -2.12. The number of hydrogen-bond donors (Lipinski definition) is 2. The van der Waals surface area contributed by atoms with Gasteiger partial charge < -0.3 is 24.8 Å². The minimum Gasteiger partial charge on any atom is -0.497 e. The molecule has 31 heavy (non-hydrogen) atoms. The Morgan fingerprint density at radius 3 is 2.32 bits per heavy atom. The van der Waals surface area contributed by atoms with E-state index < -0.39 is 18.5 Å². The average Bonchev–Trinajstić information content (AvgIpc) is 2.77. The number of methoxy groups -OCH3 is 1. The predicted molar refractivity (Wildman–Crippen MR) is 116 cm³/mol. The summed E-state index contributed by atoms with van der Waals surface area (Å²) in [7, 11) is 1.57. The Labute approximate surface area is 181 Å². The maximum atomic E-state index is 12.3. The zero-order valence-electron chi connectivity index (χ0n) is 18.0. The van der Waals surface area contributed by atoms with Crippen molar-refractivity contribution < 1.29 is 28.6 Å². The Morgan fingerprint density at radius 1 is 0.968 bits per heavy atom. The highest BCUT2D eigenvalue weighted by molar-refractivity contribution is 6.04. The monoisotopic (exact) mass is 428 g/mol. The lowest BCUT2D eigenvalue weighted by atomic mass is 10.1. The van der Waals surface area contributed by atoms with E-state index in [4.69, 9.17) is 14.2 Å². The summed E-state index contributed by atoms with van der Waals surface area (Å²) in [6.07, 6.45) is -0.00644. The molecule has 0 aliphatic rings. The van der Waals surface area contributed by atoms with E-state index >= 15 is 0 Å². The smallest absolute Gasteiger partial charge is 0.309 e. The number of benzene rings is 2. The molecule has 0 bridgehead atoms. The van der Waals surface area contributed by atoms with Crippen LogP contribution in [0.4, 0.5) is 5.69 Å². The van der Waals surface area contributed by atoms with E-state index in [-0.39, 0.29) is 18.9 Å². The molecule has 0 saturated heterocycles. The summed E-state index contributed by atoms with van der Waals surface area (Å²) in [6, 6.07) is 13.6. The first kappa shape index (κ1) is 23.7. The molecule has 0 fully saturated rings. The number of carbonyl (C=O) groups is 3. The van der Waals surface area contributed by atoms with Crippen LogP contribution in [0.25, 0.3) is 0 Å². The first-order chi connectivity index (χ1) is 14.9. The van der Waals surface area contributed by atoms with Crippen LogP contribution in [-0.4, -0.2) is 44.7 Å². The molecule has 0 aliphatic heterocycles. The highest BCUT2D eigenvalue weighted by Crippen LogP contribution is 2.17. The Balaban J connectivity index is 1.76. The van der Waals surface area contributed by atoms with Gasteiger partial charge in [0.25, 0.3) is 11.8 Å². The van der Waals surface area contributed by atoms with Gasteiger partial charge >= 0.3 is 5.97 Å². The van der Waals surface area contributed by atoms with E-state index in [2.05, 4.69) is 10.6 Å². The number of para-hydroxylation sites is 1. The third-order valence-electron chi connectivity index (χ3n) is 4.12. The third kappa shape index (κ3) is 8.38. The van der Waals surface area contributed by atoms with Crippen LogP contribution < -0.4 is 20.1 Å². The Kier molecular flexibility index (Phi) is 9.35. The molecular formula is C23H28N2O6. The summed E-state index contributed by atoms with van der Waals surface area (Å²) in [5.74, 6) is 0.228. The van der Waals surface area contributed by atoms with E-state index in [1.54, 1.807) is 55.6 Å². The number of ether oxygens (including phenoxy) is 3. The van der Waals surface area contributed by atoms with Gasteiger partial charge in [0.15, 0.2) is 6.61 Å². The van der Waals surface area contributed by atoms with E-state index in [0.29, 0.717) is 35.2 Å². The van der Waals surface area contributed by atoms with Gasteiger partial charge in [-0.2, -0.15) is 0 Å². The van der Waals surface area contributed by atoms with Gasteiger partial charge in [0.2, 0.25) is 0 Å². The second-order valence-corrected chi connectivity index (χ2v) is 7.13. The molecule has 0 spiro atoms. The summed E-state index contributed by atoms with van der Waals surface area (Å²) in [6.45, 7) is 4.17. The summed E-state index contributed by atoms with van der Waals surface area (Å²) in [4.78, 5) is 36.3. The predicted octanol–water partition coefficient (Wildman–Crippen LogP) is 3.03. The fourth-order valence-electron chi connectivity index (χ4n) is 2.51. The standard InChI is InChI=1S/C23H28N2O6/c1-16(2)14-24-23(28)19-6-4-5-7-20(19)25-21(26)15-31-22(27)12-13-30-18-10-8-17(29-3)9-11-18/h4-11,16H,12-15H2,1-3H3,(H,24,28)(H,25,26). The maximum Gasteiger partial charge on any atom is 0.309 e. The molecule has 0 unspecified atom stereocenters. The normalized spacial score (nSPS) is 10.3. The van der Waals surface area contributed by atoms with Crippen LogP contribution in [0.5, 0.6) is 11.5 Å². The highest BCUT2D eigenvalue weighted by atomic mass is 16.5. The number of anilines is 1. The molecule has 0 saturated carbocycles. The van der Waals surface area contributed by atoms with E-state index in [1.807, 2.05) is 13.8 Å². The molecule has 0 aromatic heterocycles. The van der Waals surface area contributed by atoms with Gasteiger partial charge in [0.1, 0.15) is 11.5 Å². The van der Waals surface area contributed by atoms with Crippen molar-refractivity contribution >= 4 is 23.5 Å². The van der Waals surface area contributed by atoms with Crippen LogP contribution in [0.2, 0.25) is 0 Å². The summed E-state index contributed by atoms with van der Waals surface area (Å²) in [5, 5.41) is 5.42. The number of rotatable bonds is 11. The summed E-state index contributed by atoms with van der Waals surface area (Å²) < 4.78 is 15.5. The molecule has 2 aromatic carbocycles. The zero-order chi connectivity index (χ0) is 22.6. The molecule has 8 heteroatoms. The van der Waals surface area contributed by atoms with Gasteiger partial charge in [-0.3, -0.25) is 14.4 Å². The SMILES string of the molecule is COc1ccc(OCCC(=O)OCC(=O)Nc2ccccc2C(=O)NCC(C)C)cc1. The molecule has 8 nitrogen and oxygen atoms in total. The van der Waals surface area contributed by atoms with Crippen LogP contribution in [0, 0.1) is 5.92 Å². The molecule has 2 N–H and O–H groups in total. The summed E-state index contributed by atoms with van der Waals surface area (Å²) in [5.41, 5.74) is 0.698. The van der Waals surface area contributed by atoms with Crippen LogP contribution in [-0.2, 0) is 14.3 Å². The number of esters is 1. The average molecular weight is 428 g/mol. The van der Waals surface area contributed by atoms with Crippen molar-refractivity contribution in [2.45, 2.75) is 20.3 Å². The van der Waals surface area contributed by atoms with E-state index in [1.165, 1.54) is 0 Å². The van der Waals surface area contributed by atoms with Gasteiger partial charge in [0, 0.05) is 6.54 Å². The van der Waals surface area contributed by atoms with Crippen molar-refractivity contribution in [1.29, 1.82) is 0 Å². The Hall–Kier alpha value is -3.55. The lowest BCUT2D eigenvalue weighted by Crippen LogP contribution is -2.29. The largest absolute Gasteiger partial charge is 0.497 e. The number of carbonyl (C=O) groups excluding carboxylic acids is 3. The molecule has 0 radical (unpaired) electrons. The van der Waals surface area contributed by atoms with Crippen molar-refractivity contribution in [1.82, 2.24) is 5.32 Å². The van der Waals surface area contributed by atoms with Crippen molar-refractivity contribution in [3.8, 4) is 11.5 Å². The molecule has 0 aliphatic carbocycles. The molecule has 2 aromatic rings. The van der Waals surface area contributed by atoms with Crippen LogP contribution in [0.1, 0.15) is 30.6 Å². The number of hydrogen-bond acceptors (Lipinski definition) is 6. The first-order valence-electron chi connectivity index (χ1n) is 9.98. The quantitative estimate of drug-likeness (QED) is 0.534. The topological polar surface area (TPSA) is 103 Å². The Morgan fingerprint density at radius 2 is 1.65 bits per heavy atom. The number of nitrogens with one attached hydrogen (secondary N) is 2. The maximum absolute atomic E-state index is 12.3. The zero-order valence-corrected chi connectivity index (χ0v) is 18.0. The van der Waals surface area contributed by atoms with E-state index in [9.17, 15) is 14.4 Å². The molecular weight excluding hydrogens is 400 g/mol. The van der Waals surface area contributed by atoms with Gasteiger partial charge in [-0.25, -0.2) is 0 Å². The van der Waals surface area contributed by atoms with Gasteiger partial charge in [-0.05, 0) is 42.3 Å². The van der Waals surface area contributed by atoms with E-state index in [0.717, 1.165) is 0 Å². The molecule has 0 heterocycles. The van der Waals surface area contributed by atoms with Crippen LogP contribution in [0.3, 0.4) is 0 Å². The van der Waals surface area contributed by atoms with Crippen LogP contribution in [0.15, 0.2) is 48.5 Å². The summed E-state index contributed by atoms with van der Waals surface area (Å²) >= 11 is 0. The van der Waals surface area contributed by atoms with Gasteiger partial charge in [0.05, 0.1) is 31.4 Å². The Bertz CT molecular complexity index is 880. The fourth-order valence-corrected chi connectivity index (χ4v) is 2.51. The highest BCUT2D eigenvalue weighted by Gasteiger charge is 2.14. The van der Waals surface area contributed by atoms with Gasteiger partial charge in [-0.1, -0.05) is 26.0 Å². The lowest BCUT2D eigenvalue weighted by molar-refractivity contribution is -0.147. The molecule has 0 atom stereocenters. The van der Waals surface area contributed by atoms with Gasteiger partial charge in [-0.15, -0.1) is 0 Å². The first-order valence-corrected chi connectivity index (χ1v) is 9.98. The second kappa shape index (κ2) is 12.2. The van der Waals surface area contributed by atoms with Crippen molar-refractivity contribution in [2.24, 2.45) is 5.92 Å². The minimum absolute atomic E-state index is 0.00644. The fraction of sp³-hybridized carbons (Fsp3) is 0.348. The van der Waals surface area contributed by atoms with Crippen LogP contribution >= 0.6 is 0 Å².